The average Bonchev–Trinajstić information content (AvgIpc) is 3.29. The summed E-state index contributed by atoms with van der Waals surface area (Å²) >= 11 is 0. The molecule has 0 amide bonds. The molecule has 4 rings (SSSR count). The van der Waals surface area contributed by atoms with Crippen molar-refractivity contribution >= 4 is 22.9 Å². The number of benzene rings is 2. The lowest BCUT2D eigenvalue weighted by Crippen LogP contribution is -2.34. The standard InChI is InChI=1S/C19H16N10O3/c1-11-15(22-21-12-6-5-9-14(10-12)29(31)32)18(25-23-16-17(20)24-26-19(16)30)28(27-11)13-7-3-2-4-8-13/h2-10,20-22,25H,1H3/b20-17?,23-16-. The maximum Gasteiger partial charge on any atom is 0.319 e. The Kier molecular flexibility index (Phi) is 5.36. The summed E-state index contributed by atoms with van der Waals surface area (Å²) in [6.45, 7) is 1.75. The van der Waals surface area contributed by atoms with Crippen LogP contribution >= 0.6 is 0 Å². The van der Waals surface area contributed by atoms with E-state index in [9.17, 15) is 14.9 Å². The predicted molar refractivity (Wildman–Crippen MR) is 114 cm³/mol. The van der Waals surface area contributed by atoms with Crippen LogP contribution in [0.5, 0.6) is 0 Å². The number of aromatic nitrogens is 4. The van der Waals surface area contributed by atoms with Crippen LogP contribution in [0.15, 0.2) is 64.5 Å². The Morgan fingerprint density at radius 1 is 1.09 bits per heavy atom. The van der Waals surface area contributed by atoms with Gasteiger partial charge in [0.2, 0.25) is 5.49 Å². The molecule has 4 N–H and O–H groups in total. The first-order valence-electron chi connectivity index (χ1n) is 9.24. The third kappa shape index (κ3) is 4.02. The minimum Gasteiger partial charge on any atom is -0.300 e. The second kappa shape index (κ2) is 8.43. The van der Waals surface area contributed by atoms with Crippen LogP contribution in [0.1, 0.15) is 5.69 Å². The van der Waals surface area contributed by atoms with Crippen molar-refractivity contribution in [2.75, 3.05) is 16.3 Å². The molecule has 0 bridgehead atoms. The van der Waals surface area contributed by atoms with Crippen molar-refractivity contribution < 1.29 is 4.92 Å². The number of hydrogen-bond donors (Lipinski definition) is 4. The number of hydrazine groups is 1. The van der Waals surface area contributed by atoms with Gasteiger partial charge < -0.3 is 5.43 Å². The van der Waals surface area contributed by atoms with Gasteiger partial charge in [-0.25, -0.2) is 4.68 Å². The minimum absolute atomic E-state index is 0.0657. The largest absolute Gasteiger partial charge is 0.319 e. The van der Waals surface area contributed by atoms with Crippen molar-refractivity contribution in [1.82, 2.24) is 20.0 Å². The van der Waals surface area contributed by atoms with Crippen molar-refractivity contribution in [1.29, 1.82) is 5.41 Å². The zero-order valence-electron chi connectivity index (χ0n) is 16.6. The molecule has 0 fully saturated rings. The summed E-state index contributed by atoms with van der Waals surface area (Å²) < 4.78 is 1.56. The van der Waals surface area contributed by atoms with Crippen molar-refractivity contribution in [3.8, 4) is 5.69 Å². The van der Waals surface area contributed by atoms with Gasteiger partial charge in [0.05, 0.1) is 22.0 Å². The molecule has 0 unspecified atom stereocenters. The van der Waals surface area contributed by atoms with E-state index >= 15 is 0 Å². The summed E-state index contributed by atoms with van der Waals surface area (Å²) in [6, 6.07) is 15.2. The number of non-ortho nitro benzene ring substituents is 1. The van der Waals surface area contributed by atoms with Crippen molar-refractivity contribution in [2.24, 2.45) is 5.10 Å². The van der Waals surface area contributed by atoms with Gasteiger partial charge >= 0.3 is 5.56 Å². The van der Waals surface area contributed by atoms with Crippen LogP contribution < -0.4 is 32.7 Å². The van der Waals surface area contributed by atoms with Gasteiger partial charge in [0.15, 0.2) is 11.2 Å². The molecule has 160 valence electrons. The van der Waals surface area contributed by atoms with Crippen LogP contribution in [0.25, 0.3) is 5.69 Å². The summed E-state index contributed by atoms with van der Waals surface area (Å²) in [5.74, 6) is 0.353. The third-order valence-corrected chi connectivity index (χ3v) is 4.39. The van der Waals surface area contributed by atoms with Crippen LogP contribution in [-0.4, -0.2) is 24.9 Å². The van der Waals surface area contributed by atoms with E-state index in [0.717, 1.165) is 0 Å². The number of rotatable bonds is 7. The lowest BCUT2D eigenvalue weighted by atomic mass is 10.3. The molecule has 0 atom stereocenters. The number of nitrogens with one attached hydrogen (secondary N) is 4. The van der Waals surface area contributed by atoms with Crippen molar-refractivity contribution in [3.05, 3.63) is 91.6 Å². The fourth-order valence-electron chi connectivity index (χ4n) is 2.87. The molecule has 13 heteroatoms. The van der Waals surface area contributed by atoms with Gasteiger partial charge in [-0.05, 0) is 25.1 Å². The number of nitro groups is 1. The summed E-state index contributed by atoms with van der Waals surface area (Å²) in [5.41, 5.74) is 9.70. The molecule has 32 heavy (non-hydrogen) atoms. The lowest BCUT2D eigenvalue weighted by Gasteiger charge is -2.12. The molecule has 4 aromatic rings. The molecule has 2 heterocycles. The van der Waals surface area contributed by atoms with E-state index in [4.69, 9.17) is 5.41 Å². The van der Waals surface area contributed by atoms with Crippen LogP contribution in [0.2, 0.25) is 0 Å². The minimum atomic E-state index is -0.728. The third-order valence-electron chi connectivity index (χ3n) is 4.39. The summed E-state index contributed by atoms with van der Waals surface area (Å²) in [4.78, 5) is 22.3. The highest BCUT2D eigenvalue weighted by Crippen LogP contribution is 2.29. The first-order chi connectivity index (χ1) is 15.4. The molecule has 0 spiro atoms. The van der Waals surface area contributed by atoms with Gasteiger partial charge in [-0.3, -0.25) is 31.2 Å². The molecule has 0 radical (unpaired) electrons. The molecule has 0 saturated heterocycles. The Morgan fingerprint density at radius 3 is 2.56 bits per heavy atom. The first kappa shape index (κ1) is 20.3. The summed E-state index contributed by atoms with van der Waals surface area (Å²) in [6.07, 6.45) is 0. The topological polar surface area (TPSA) is 176 Å². The van der Waals surface area contributed by atoms with E-state index in [2.05, 4.69) is 36.7 Å². The highest BCUT2D eigenvalue weighted by atomic mass is 16.6. The highest BCUT2D eigenvalue weighted by Gasteiger charge is 2.17. The number of aryl methyl sites for hydroxylation is 1. The zero-order valence-corrected chi connectivity index (χ0v) is 16.6. The smallest absolute Gasteiger partial charge is 0.300 e. The second-order valence-corrected chi connectivity index (χ2v) is 6.54. The van der Waals surface area contributed by atoms with E-state index < -0.39 is 10.5 Å². The quantitative estimate of drug-likeness (QED) is 0.245. The Balaban J connectivity index is 1.73. The molecular weight excluding hydrogens is 416 g/mol. The van der Waals surface area contributed by atoms with Crippen LogP contribution in [0, 0.1) is 22.4 Å². The summed E-state index contributed by atoms with van der Waals surface area (Å²) in [7, 11) is 0. The molecule has 13 nitrogen and oxygen atoms in total. The average molecular weight is 432 g/mol. The molecule has 0 aliphatic carbocycles. The molecule has 0 aliphatic heterocycles. The maximum absolute atomic E-state index is 11.8. The number of nitro benzene ring substituents is 1. The normalized spacial score (nSPS) is 11.3. The first-order valence-corrected chi connectivity index (χ1v) is 9.24. The Bertz CT molecular complexity index is 1410. The SMILES string of the molecule is Cc1nn(-c2ccccc2)c(N/N=c2/c(=N)nnc2=O)c1NNc1cccc([N+](=O)[O-])c1. The Hall–Kier alpha value is -4.94. The fraction of sp³-hybridized carbons (Fsp3) is 0.0526. The zero-order chi connectivity index (χ0) is 22.7. The van der Waals surface area contributed by atoms with E-state index in [1.807, 2.05) is 30.3 Å². The summed E-state index contributed by atoms with van der Waals surface area (Å²) in [5, 5.41) is 33.7. The predicted octanol–water partition coefficient (Wildman–Crippen LogP) is 0.961. The van der Waals surface area contributed by atoms with Gasteiger partial charge in [-0.1, -0.05) is 24.3 Å². The lowest BCUT2D eigenvalue weighted by molar-refractivity contribution is -0.384. The van der Waals surface area contributed by atoms with Crippen LogP contribution in [-0.2, 0) is 0 Å². The number of anilines is 3. The van der Waals surface area contributed by atoms with Gasteiger partial charge in [-0.15, -0.1) is 10.2 Å². The highest BCUT2D eigenvalue weighted by molar-refractivity contribution is 5.72. The molecule has 0 aliphatic rings. The van der Waals surface area contributed by atoms with Gasteiger partial charge in [0.25, 0.3) is 5.69 Å². The monoisotopic (exact) mass is 432 g/mol. The van der Waals surface area contributed by atoms with E-state index in [1.54, 1.807) is 23.7 Å². The Labute approximate surface area is 179 Å². The number of hydrogen-bond acceptors (Lipinski definition) is 11. The number of nitrogens with zero attached hydrogens (tertiary/aromatic N) is 6. The second-order valence-electron chi connectivity index (χ2n) is 6.54. The van der Waals surface area contributed by atoms with E-state index in [-0.39, 0.29) is 16.5 Å². The molecule has 0 saturated carbocycles. The van der Waals surface area contributed by atoms with E-state index in [1.165, 1.54) is 12.1 Å². The molecule has 2 aromatic carbocycles. The van der Waals surface area contributed by atoms with Crippen LogP contribution in [0.3, 0.4) is 0 Å². The fourth-order valence-corrected chi connectivity index (χ4v) is 2.87. The maximum atomic E-state index is 11.8. The van der Waals surface area contributed by atoms with Gasteiger partial charge in [-0.2, -0.15) is 10.2 Å². The van der Waals surface area contributed by atoms with Crippen molar-refractivity contribution in [3.63, 3.8) is 0 Å². The van der Waals surface area contributed by atoms with Crippen molar-refractivity contribution in [2.45, 2.75) is 6.92 Å². The van der Waals surface area contributed by atoms with Gasteiger partial charge in [0.1, 0.15) is 5.69 Å². The number of para-hydroxylation sites is 1. The molecular formula is C19H16N10O3. The van der Waals surface area contributed by atoms with E-state index in [0.29, 0.717) is 28.6 Å². The molecule has 2 aromatic heterocycles. The Morgan fingerprint density at radius 2 is 1.88 bits per heavy atom. The van der Waals surface area contributed by atoms with Gasteiger partial charge in [0, 0.05) is 12.1 Å². The van der Waals surface area contributed by atoms with Crippen LogP contribution in [0.4, 0.5) is 22.9 Å².